The molecule has 2 aromatic rings. The van der Waals surface area contributed by atoms with Crippen molar-refractivity contribution in [1.29, 1.82) is 0 Å². The van der Waals surface area contributed by atoms with Gasteiger partial charge in [0.1, 0.15) is 0 Å². The third-order valence-electron chi connectivity index (χ3n) is 5.63. The van der Waals surface area contributed by atoms with Gasteiger partial charge in [-0.2, -0.15) is 0 Å². The van der Waals surface area contributed by atoms with E-state index in [0.29, 0.717) is 23.7 Å². The third-order valence-corrected chi connectivity index (χ3v) is 5.63. The number of ether oxygens (including phenoxy) is 2. The zero-order valence-corrected chi connectivity index (χ0v) is 17.4. The second-order valence-corrected chi connectivity index (χ2v) is 7.97. The number of rotatable bonds is 5. The van der Waals surface area contributed by atoms with Gasteiger partial charge in [-0.15, -0.1) is 0 Å². The molecule has 0 radical (unpaired) electrons. The molecule has 2 aliphatic heterocycles. The molecule has 0 bridgehead atoms. The van der Waals surface area contributed by atoms with Gasteiger partial charge in [-0.25, -0.2) is 0 Å². The number of fused-ring (bicyclic) bond motifs is 1. The highest BCUT2D eigenvalue weighted by molar-refractivity contribution is 5.94. The molecule has 2 aliphatic rings. The number of piperidine rings is 1. The first-order valence-electron chi connectivity index (χ1n) is 10.3. The molecule has 0 unspecified atom stereocenters. The normalized spacial score (nSPS) is 16.3. The fourth-order valence-corrected chi connectivity index (χ4v) is 3.84. The minimum absolute atomic E-state index is 0.00773. The first-order chi connectivity index (χ1) is 14.5. The van der Waals surface area contributed by atoms with Crippen molar-refractivity contribution in [3.05, 3.63) is 47.5 Å². The van der Waals surface area contributed by atoms with Crippen LogP contribution < -0.4 is 20.1 Å². The molecule has 7 nitrogen and oxygen atoms in total. The van der Waals surface area contributed by atoms with Crippen molar-refractivity contribution < 1.29 is 19.1 Å². The summed E-state index contributed by atoms with van der Waals surface area (Å²) < 4.78 is 10.7. The quantitative estimate of drug-likeness (QED) is 0.792. The van der Waals surface area contributed by atoms with E-state index >= 15 is 0 Å². The molecule has 30 heavy (non-hydrogen) atoms. The number of benzene rings is 2. The van der Waals surface area contributed by atoms with Crippen LogP contribution in [0.4, 0.5) is 11.4 Å². The Hall–Kier alpha value is -3.06. The van der Waals surface area contributed by atoms with Crippen molar-refractivity contribution in [1.82, 2.24) is 4.90 Å². The van der Waals surface area contributed by atoms with Crippen LogP contribution in [0.25, 0.3) is 0 Å². The fraction of sp³-hybridized carbons (Fsp3) is 0.391. The molecule has 2 N–H and O–H groups in total. The van der Waals surface area contributed by atoms with Gasteiger partial charge in [0.25, 0.3) is 0 Å². The maximum Gasteiger partial charge on any atom is 0.238 e. The zero-order chi connectivity index (χ0) is 21.1. The molecule has 7 heteroatoms. The molecule has 0 atom stereocenters. The summed E-state index contributed by atoms with van der Waals surface area (Å²) >= 11 is 0. The topological polar surface area (TPSA) is 79.9 Å². The lowest BCUT2D eigenvalue weighted by atomic mass is 9.95. The zero-order valence-electron chi connectivity index (χ0n) is 17.4. The minimum atomic E-state index is -0.0613. The lowest BCUT2D eigenvalue weighted by Crippen LogP contribution is -2.41. The van der Waals surface area contributed by atoms with Crippen molar-refractivity contribution in [2.24, 2.45) is 5.92 Å². The Labute approximate surface area is 176 Å². The summed E-state index contributed by atoms with van der Waals surface area (Å²) in [7, 11) is 0. The third kappa shape index (κ3) is 4.74. The van der Waals surface area contributed by atoms with Crippen LogP contribution >= 0.6 is 0 Å². The van der Waals surface area contributed by atoms with Crippen LogP contribution in [-0.2, 0) is 9.59 Å². The van der Waals surface area contributed by atoms with Crippen molar-refractivity contribution in [2.45, 2.75) is 26.7 Å². The van der Waals surface area contributed by atoms with Crippen LogP contribution in [0.2, 0.25) is 0 Å². The number of likely N-dealkylation sites (tertiary alicyclic amines) is 1. The summed E-state index contributed by atoms with van der Waals surface area (Å²) in [5.74, 6) is 1.27. The molecule has 2 amide bonds. The summed E-state index contributed by atoms with van der Waals surface area (Å²) in [4.78, 5) is 27.2. The standard InChI is InChI=1S/C23H27N3O4/c1-15-3-4-16(2)19(11-15)25-22(27)13-26-9-7-17(8-10-26)23(28)24-18-5-6-20-21(12-18)30-14-29-20/h3-6,11-12,17H,7-10,13-14H2,1-2H3,(H,24,28)(H,25,27). The number of amides is 2. The number of carbonyl (C=O) groups is 2. The molecule has 2 heterocycles. The highest BCUT2D eigenvalue weighted by atomic mass is 16.7. The van der Waals surface area contributed by atoms with Gasteiger partial charge in [-0.3, -0.25) is 14.5 Å². The van der Waals surface area contributed by atoms with Crippen molar-refractivity contribution in [2.75, 3.05) is 37.1 Å². The average molecular weight is 409 g/mol. The fourth-order valence-electron chi connectivity index (χ4n) is 3.84. The number of anilines is 2. The molecular formula is C23H27N3O4. The summed E-state index contributed by atoms with van der Waals surface area (Å²) in [5.41, 5.74) is 3.73. The highest BCUT2D eigenvalue weighted by Gasteiger charge is 2.26. The summed E-state index contributed by atoms with van der Waals surface area (Å²) in [6.45, 7) is 5.98. The number of nitrogens with zero attached hydrogens (tertiary/aromatic N) is 1. The maximum atomic E-state index is 12.6. The highest BCUT2D eigenvalue weighted by Crippen LogP contribution is 2.34. The second-order valence-electron chi connectivity index (χ2n) is 7.97. The average Bonchev–Trinajstić information content (AvgIpc) is 3.19. The van der Waals surface area contributed by atoms with Crippen LogP contribution in [0, 0.1) is 19.8 Å². The molecule has 2 aromatic carbocycles. The van der Waals surface area contributed by atoms with E-state index in [-0.39, 0.29) is 24.5 Å². The molecule has 0 saturated carbocycles. The predicted octanol–water partition coefficient (Wildman–Crippen LogP) is 3.32. The van der Waals surface area contributed by atoms with E-state index in [1.165, 1.54) is 0 Å². The van der Waals surface area contributed by atoms with Crippen molar-refractivity contribution in [3.8, 4) is 11.5 Å². The van der Waals surface area contributed by atoms with E-state index in [2.05, 4.69) is 15.5 Å². The molecule has 0 spiro atoms. The minimum Gasteiger partial charge on any atom is -0.454 e. The Morgan fingerprint density at radius 1 is 1.00 bits per heavy atom. The van der Waals surface area contributed by atoms with Gasteiger partial charge in [-0.1, -0.05) is 12.1 Å². The van der Waals surface area contributed by atoms with Gasteiger partial charge in [0.05, 0.1) is 6.54 Å². The number of carbonyl (C=O) groups excluding carboxylic acids is 2. The first kappa shape index (κ1) is 20.2. The number of hydrogen-bond donors (Lipinski definition) is 2. The molecular weight excluding hydrogens is 382 g/mol. The molecule has 158 valence electrons. The van der Waals surface area contributed by atoms with E-state index < -0.39 is 0 Å². The van der Waals surface area contributed by atoms with E-state index in [1.54, 1.807) is 12.1 Å². The van der Waals surface area contributed by atoms with Gasteiger partial charge in [0.15, 0.2) is 11.5 Å². The van der Waals surface area contributed by atoms with Crippen molar-refractivity contribution in [3.63, 3.8) is 0 Å². The maximum absolute atomic E-state index is 12.6. The van der Waals surface area contributed by atoms with Gasteiger partial charge in [-0.05, 0) is 69.1 Å². The van der Waals surface area contributed by atoms with Crippen LogP contribution in [0.5, 0.6) is 11.5 Å². The Balaban J connectivity index is 1.25. The van der Waals surface area contributed by atoms with Crippen molar-refractivity contribution >= 4 is 23.2 Å². The smallest absolute Gasteiger partial charge is 0.238 e. The van der Waals surface area contributed by atoms with E-state index in [1.807, 2.05) is 38.1 Å². The molecule has 0 aromatic heterocycles. The number of hydrogen-bond acceptors (Lipinski definition) is 5. The molecule has 1 saturated heterocycles. The molecule has 0 aliphatic carbocycles. The summed E-state index contributed by atoms with van der Waals surface area (Å²) in [6, 6.07) is 11.4. The Bertz CT molecular complexity index is 951. The monoisotopic (exact) mass is 409 g/mol. The second kappa shape index (κ2) is 8.75. The Morgan fingerprint density at radius 2 is 1.77 bits per heavy atom. The van der Waals surface area contributed by atoms with Crippen LogP contribution in [0.3, 0.4) is 0 Å². The van der Waals surface area contributed by atoms with Gasteiger partial charge < -0.3 is 20.1 Å². The number of aryl methyl sites for hydroxylation is 2. The van der Waals surface area contributed by atoms with E-state index in [0.717, 1.165) is 42.7 Å². The largest absolute Gasteiger partial charge is 0.454 e. The number of nitrogens with one attached hydrogen (secondary N) is 2. The summed E-state index contributed by atoms with van der Waals surface area (Å²) in [6.07, 6.45) is 1.46. The Morgan fingerprint density at radius 3 is 2.57 bits per heavy atom. The van der Waals surface area contributed by atoms with E-state index in [4.69, 9.17) is 9.47 Å². The predicted molar refractivity (Wildman–Crippen MR) is 115 cm³/mol. The molecule has 1 fully saturated rings. The Kier molecular flexibility index (Phi) is 5.90. The van der Waals surface area contributed by atoms with Crippen LogP contribution in [0.1, 0.15) is 24.0 Å². The van der Waals surface area contributed by atoms with Gasteiger partial charge in [0.2, 0.25) is 18.6 Å². The SMILES string of the molecule is Cc1ccc(C)c(NC(=O)CN2CCC(C(=O)Nc3ccc4c(c3)OCO4)CC2)c1. The lowest BCUT2D eigenvalue weighted by molar-refractivity contribution is -0.121. The van der Waals surface area contributed by atoms with Crippen LogP contribution in [0.15, 0.2) is 36.4 Å². The van der Waals surface area contributed by atoms with E-state index in [9.17, 15) is 9.59 Å². The molecule has 4 rings (SSSR count). The van der Waals surface area contributed by atoms with Crippen LogP contribution in [-0.4, -0.2) is 43.1 Å². The lowest BCUT2D eigenvalue weighted by Gasteiger charge is -2.30. The van der Waals surface area contributed by atoms with Gasteiger partial charge in [0, 0.05) is 23.4 Å². The van der Waals surface area contributed by atoms with Gasteiger partial charge >= 0.3 is 0 Å². The first-order valence-corrected chi connectivity index (χ1v) is 10.3. The summed E-state index contributed by atoms with van der Waals surface area (Å²) in [5, 5.41) is 5.97.